The Labute approximate surface area is 166 Å². The van der Waals surface area contributed by atoms with Crippen molar-refractivity contribution in [3.05, 3.63) is 65.7 Å². The van der Waals surface area contributed by atoms with Gasteiger partial charge in [-0.3, -0.25) is 4.84 Å². The number of ether oxygens (including phenoxy) is 2. The highest BCUT2D eigenvalue weighted by Crippen LogP contribution is 2.34. The summed E-state index contributed by atoms with van der Waals surface area (Å²) in [6.45, 7) is 1.14. The lowest BCUT2D eigenvalue weighted by molar-refractivity contribution is -0.110. The van der Waals surface area contributed by atoms with E-state index in [-0.39, 0.29) is 13.2 Å². The van der Waals surface area contributed by atoms with Crippen molar-refractivity contribution in [3.8, 4) is 5.75 Å². The summed E-state index contributed by atoms with van der Waals surface area (Å²) in [5.41, 5.74) is 1.94. The van der Waals surface area contributed by atoms with Gasteiger partial charge in [0.05, 0.1) is 19.3 Å². The molecule has 2 aromatic carbocycles. The lowest BCUT2D eigenvalue weighted by Gasteiger charge is -2.23. The molecule has 2 atom stereocenters. The third-order valence-corrected chi connectivity index (χ3v) is 6.46. The number of sulfonamides is 1. The Morgan fingerprint density at radius 3 is 2.54 bits per heavy atom. The lowest BCUT2D eigenvalue weighted by Crippen LogP contribution is -2.40. The molecule has 8 heteroatoms. The average Bonchev–Trinajstić information content (AvgIpc) is 3.10. The molecule has 1 saturated heterocycles. The minimum atomic E-state index is -3.55. The predicted molar refractivity (Wildman–Crippen MR) is 106 cm³/mol. The quantitative estimate of drug-likeness (QED) is 0.643. The first-order valence-corrected chi connectivity index (χ1v) is 10.7. The molecule has 2 aromatic rings. The maximum Gasteiger partial charge on any atom is 0.218 e. The van der Waals surface area contributed by atoms with Crippen molar-refractivity contribution < 1.29 is 22.7 Å². The first-order chi connectivity index (χ1) is 13.5. The maximum absolute atomic E-state index is 12.7. The summed E-state index contributed by atoms with van der Waals surface area (Å²) in [5.74, 6) is 0.729. The minimum absolute atomic E-state index is 0.107. The summed E-state index contributed by atoms with van der Waals surface area (Å²) in [4.78, 5) is 5.51. The number of methoxy groups -OCH3 is 1. The fraction of sp³-hybridized carbons (Fsp3) is 0.400. The summed E-state index contributed by atoms with van der Waals surface area (Å²) in [6, 6.07) is 17.0. The average molecular weight is 407 g/mol. The van der Waals surface area contributed by atoms with Gasteiger partial charge in [-0.15, -0.1) is 0 Å². The Morgan fingerprint density at radius 1 is 1.14 bits per heavy atom. The largest absolute Gasteiger partial charge is 0.489 e. The van der Waals surface area contributed by atoms with Gasteiger partial charge in [-0.05, 0) is 23.3 Å². The van der Waals surface area contributed by atoms with Gasteiger partial charge in [0.15, 0.2) is 0 Å². The number of hydroxylamine groups is 2. The highest BCUT2D eigenvalue weighted by molar-refractivity contribution is 7.90. The Bertz CT molecular complexity index is 843. The topological polar surface area (TPSA) is 77.1 Å². The zero-order chi connectivity index (χ0) is 20.0. The molecule has 0 radical (unpaired) electrons. The molecular weight excluding hydrogens is 380 g/mol. The molecule has 1 aliphatic rings. The molecule has 28 heavy (non-hydrogen) atoms. The van der Waals surface area contributed by atoms with Crippen molar-refractivity contribution in [2.24, 2.45) is 0 Å². The number of benzene rings is 2. The first-order valence-electron chi connectivity index (χ1n) is 9.11. The standard InChI is InChI=1S/C20H26N2O5S/c1-22-20(19(15-27-22)28(23,24)21-12-13-25-2)17-8-10-18(11-9-17)26-14-16-6-4-3-5-7-16/h3-11,19-21H,12-15H2,1-2H3. The van der Waals surface area contributed by atoms with Crippen molar-refractivity contribution in [1.29, 1.82) is 0 Å². The summed E-state index contributed by atoms with van der Waals surface area (Å²) in [5, 5.41) is 0.894. The Morgan fingerprint density at radius 2 is 1.86 bits per heavy atom. The summed E-state index contributed by atoms with van der Waals surface area (Å²) >= 11 is 0. The maximum atomic E-state index is 12.7. The van der Waals surface area contributed by atoms with Crippen LogP contribution in [0.3, 0.4) is 0 Å². The zero-order valence-electron chi connectivity index (χ0n) is 16.1. The van der Waals surface area contributed by atoms with E-state index in [2.05, 4.69) is 4.72 Å². The number of nitrogens with one attached hydrogen (secondary N) is 1. The molecule has 1 aliphatic heterocycles. The predicted octanol–water partition coefficient (Wildman–Crippen LogP) is 2.12. The molecule has 0 amide bonds. The summed E-state index contributed by atoms with van der Waals surface area (Å²) < 4.78 is 38.6. The smallest absolute Gasteiger partial charge is 0.218 e. The van der Waals surface area contributed by atoms with Gasteiger partial charge in [0.1, 0.15) is 17.6 Å². The second-order valence-corrected chi connectivity index (χ2v) is 8.58. The Hall–Kier alpha value is -1.97. The van der Waals surface area contributed by atoms with E-state index in [9.17, 15) is 8.42 Å². The van der Waals surface area contributed by atoms with Gasteiger partial charge in [-0.2, -0.15) is 5.06 Å². The molecular formula is C20H26N2O5S. The van der Waals surface area contributed by atoms with E-state index in [0.717, 1.165) is 16.9 Å². The van der Waals surface area contributed by atoms with Crippen molar-refractivity contribution in [2.45, 2.75) is 17.9 Å². The number of nitrogens with zero attached hydrogens (tertiary/aromatic N) is 1. The first kappa shape index (κ1) is 20.8. The van der Waals surface area contributed by atoms with Crippen LogP contribution in [-0.2, 0) is 26.2 Å². The SMILES string of the molecule is COCCNS(=O)(=O)C1CON(C)C1c1ccc(OCc2ccccc2)cc1. The van der Waals surface area contributed by atoms with E-state index in [1.807, 2.05) is 54.6 Å². The van der Waals surface area contributed by atoms with Crippen LogP contribution in [0.25, 0.3) is 0 Å². The molecule has 1 heterocycles. The van der Waals surface area contributed by atoms with E-state index in [1.54, 1.807) is 12.1 Å². The molecule has 0 saturated carbocycles. The molecule has 2 unspecified atom stereocenters. The summed E-state index contributed by atoms with van der Waals surface area (Å²) in [7, 11) is -0.269. The van der Waals surface area contributed by atoms with Gasteiger partial charge in [-0.25, -0.2) is 13.1 Å². The van der Waals surface area contributed by atoms with Crippen LogP contribution in [0.1, 0.15) is 17.2 Å². The van der Waals surface area contributed by atoms with Crippen LogP contribution in [0.15, 0.2) is 54.6 Å². The third kappa shape index (κ3) is 5.09. The van der Waals surface area contributed by atoms with Gasteiger partial charge >= 0.3 is 0 Å². The van der Waals surface area contributed by atoms with Gasteiger partial charge in [-0.1, -0.05) is 42.5 Å². The van der Waals surface area contributed by atoms with E-state index in [1.165, 1.54) is 7.11 Å². The van der Waals surface area contributed by atoms with Crippen LogP contribution >= 0.6 is 0 Å². The minimum Gasteiger partial charge on any atom is -0.489 e. The third-order valence-electron chi connectivity index (χ3n) is 4.66. The van der Waals surface area contributed by atoms with Crippen molar-refractivity contribution in [3.63, 3.8) is 0 Å². The fourth-order valence-corrected chi connectivity index (χ4v) is 4.67. The molecule has 0 aliphatic carbocycles. The summed E-state index contributed by atoms with van der Waals surface area (Å²) in [6.07, 6.45) is 0. The number of rotatable bonds is 9. The van der Waals surface area contributed by atoms with E-state index < -0.39 is 21.3 Å². The van der Waals surface area contributed by atoms with Crippen LogP contribution in [-0.4, -0.2) is 52.6 Å². The van der Waals surface area contributed by atoms with Gasteiger partial charge < -0.3 is 9.47 Å². The van der Waals surface area contributed by atoms with Crippen LogP contribution in [0, 0.1) is 0 Å². The van der Waals surface area contributed by atoms with Gasteiger partial charge in [0.25, 0.3) is 0 Å². The number of hydrogen-bond acceptors (Lipinski definition) is 6. The molecule has 0 aromatic heterocycles. The van der Waals surface area contributed by atoms with Crippen LogP contribution in [0.2, 0.25) is 0 Å². The van der Waals surface area contributed by atoms with Gasteiger partial charge in [0, 0.05) is 20.7 Å². The highest BCUT2D eigenvalue weighted by Gasteiger charge is 2.42. The second-order valence-electron chi connectivity index (χ2n) is 6.60. The monoisotopic (exact) mass is 406 g/mol. The van der Waals surface area contributed by atoms with E-state index in [0.29, 0.717) is 13.2 Å². The Balaban J connectivity index is 1.68. The highest BCUT2D eigenvalue weighted by atomic mass is 32.2. The lowest BCUT2D eigenvalue weighted by atomic mass is 10.0. The van der Waals surface area contributed by atoms with Crippen molar-refractivity contribution in [2.75, 3.05) is 33.9 Å². The molecule has 7 nitrogen and oxygen atoms in total. The Kier molecular flexibility index (Phi) is 7.03. The number of hydrogen-bond donors (Lipinski definition) is 1. The zero-order valence-corrected chi connectivity index (χ0v) is 16.9. The molecule has 0 bridgehead atoms. The van der Waals surface area contributed by atoms with E-state index in [4.69, 9.17) is 14.3 Å². The molecule has 152 valence electrons. The molecule has 3 rings (SSSR count). The van der Waals surface area contributed by atoms with Crippen molar-refractivity contribution >= 4 is 10.0 Å². The normalized spacial score (nSPS) is 20.4. The van der Waals surface area contributed by atoms with E-state index >= 15 is 0 Å². The van der Waals surface area contributed by atoms with Crippen LogP contribution in [0.5, 0.6) is 5.75 Å². The van der Waals surface area contributed by atoms with Crippen LogP contribution in [0.4, 0.5) is 0 Å². The van der Waals surface area contributed by atoms with Gasteiger partial charge in [0.2, 0.25) is 10.0 Å². The molecule has 1 fully saturated rings. The molecule has 0 spiro atoms. The van der Waals surface area contributed by atoms with Crippen molar-refractivity contribution in [1.82, 2.24) is 9.79 Å². The van der Waals surface area contributed by atoms with Crippen LogP contribution < -0.4 is 9.46 Å². The molecule has 1 N–H and O–H groups in total. The fourth-order valence-electron chi connectivity index (χ4n) is 3.18. The second kappa shape index (κ2) is 9.49.